The summed E-state index contributed by atoms with van der Waals surface area (Å²) in [6.07, 6.45) is -1.98. The van der Waals surface area contributed by atoms with Crippen molar-refractivity contribution in [1.82, 2.24) is 19.2 Å². The predicted octanol–water partition coefficient (Wildman–Crippen LogP) is 7.26. The highest BCUT2D eigenvalue weighted by molar-refractivity contribution is 7.99. The molecule has 0 saturated carbocycles. The van der Waals surface area contributed by atoms with E-state index in [2.05, 4.69) is 24.4 Å². The summed E-state index contributed by atoms with van der Waals surface area (Å²) in [6.45, 7) is 6.49. The van der Waals surface area contributed by atoms with Crippen LogP contribution in [0.2, 0.25) is 0 Å². The van der Waals surface area contributed by atoms with Crippen molar-refractivity contribution in [3.8, 4) is 11.5 Å². The summed E-state index contributed by atoms with van der Waals surface area (Å²) in [7, 11) is 1.30. The molecule has 0 aliphatic carbocycles. The molecule has 1 amide bonds. The van der Waals surface area contributed by atoms with Crippen LogP contribution >= 0.6 is 23.3 Å². The maximum atomic E-state index is 13.7. The fourth-order valence-electron chi connectivity index (χ4n) is 4.14. The number of hydrogen-bond acceptors (Lipinski definition) is 11. The summed E-state index contributed by atoms with van der Waals surface area (Å²) in [5.41, 5.74) is -1.50. The second-order valence-electron chi connectivity index (χ2n) is 10.6. The number of nitrogens with one attached hydrogen (secondary N) is 1. The summed E-state index contributed by atoms with van der Waals surface area (Å²) in [5.74, 6) is 0.450. The number of aromatic nitrogens is 3. The number of thioether (sulfide) groups is 1. The number of methoxy groups -OCH3 is 1. The van der Waals surface area contributed by atoms with E-state index in [0.717, 1.165) is 17.6 Å². The second kappa shape index (κ2) is 13.8. The smallest absolute Gasteiger partial charge is 0.419 e. The average molecular weight is 640 g/mol. The first kappa shape index (κ1) is 32.3. The number of para-hydroxylation sites is 1. The van der Waals surface area contributed by atoms with Gasteiger partial charge in [0.05, 0.1) is 19.1 Å². The van der Waals surface area contributed by atoms with E-state index in [1.165, 1.54) is 43.3 Å². The van der Waals surface area contributed by atoms with Gasteiger partial charge in [0.1, 0.15) is 17.2 Å². The molecular formula is C28H32F3N5O5S2. The number of alkyl halides is 3. The fraction of sp³-hybridized carbons (Fsp3) is 0.464. The van der Waals surface area contributed by atoms with E-state index in [-0.39, 0.29) is 41.7 Å². The van der Waals surface area contributed by atoms with Gasteiger partial charge in [-0.05, 0) is 51.8 Å². The van der Waals surface area contributed by atoms with Crippen LogP contribution in [0.1, 0.15) is 57.3 Å². The minimum atomic E-state index is -4.63. The third-order valence-corrected chi connectivity index (χ3v) is 7.83. The maximum absolute atomic E-state index is 13.7. The van der Waals surface area contributed by atoms with Crippen molar-refractivity contribution in [3.63, 3.8) is 0 Å². The molecule has 3 aromatic rings. The lowest BCUT2D eigenvalue weighted by atomic mass is 9.96. The number of benzene rings is 1. The van der Waals surface area contributed by atoms with Crippen molar-refractivity contribution in [2.24, 2.45) is 0 Å². The van der Waals surface area contributed by atoms with Crippen molar-refractivity contribution in [1.29, 1.82) is 0 Å². The predicted molar refractivity (Wildman–Crippen MR) is 156 cm³/mol. The van der Waals surface area contributed by atoms with E-state index in [1.807, 2.05) is 20.8 Å². The lowest BCUT2D eigenvalue weighted by Crippen LogP contribution is -2.41. The number of esters is 1. The monoisotopic (exact) mass is 639 g/mol. The minimum Gasteiger partial charge on any atom is -0.469 e. The van der Waals surface area contributed by atoms with Gasteiger partial charge in [-0.15, -0.1) is 11.8 Å². The van der Waals surface area contributed by atoms with Crippen molar-refractivity contribution in [2.75, 3.05) is 31.3 Å². The number of likely N-dealkylation sites (tertiary alicyclic amines) is 1. The molecule has 1 saturated heterocycles. The molecule has 1 aliphatic heterocycles. The molecule has 2 aromatic heterocycles. The quantitative estimate of drug-likeness (QED) is 0.189. The number of anilines is 2. The number of rotatable bonds is 9. The summed E-state index contributed by atoms with van der Waals surface area (Å²) in [6, 6.07) is 6.46. The zero-order valence-corrected chi connectivity index (χ0v) is 25.7. The summed E-state index contributed by atoms with van der Waals surface area (Å²) >= 11 is 2.38. The van der Waals surface area contributed by atoms with E-state index < -0.39 is 17.3 Å². The molecule has 0 radical (unpaired) electrons. The largest absolute Gasteiger partial charge is 0.469 e. The number of halogens is 3. The molecule has 0 spiro atoms. The van der Waals surface area contributed by atoms with E-state index >= 15 is 0 Å². The average Bonchev–Trinajstić information content (AvgIpc) is 3.41. The zero-order chi connectivity index (χ0) is 31.2. The molecule has 1 aliphatic rings. The first-order valence-corrected chi connectivity index (χ1v) is 15.2. The van der Waals surface area contributed by atoms with E-state index in [9.17, 15) is 22.8 Å². The van der Waals surface area contributed by atoms with E-state index in [4.69, 9.17) is 9.47 Å². The molecule has 3 heterocycles. The highest BCUT2D eigenvalue weighted by atomic mass is 32.2. The van der Waals surface area contributed by atoms with Crippen LogP contribution in [-0.2, 0) is 20.4 Å². The topological polar surface area (TPSA) is 116 Å². The number of pyridine rings is 1. The summed E-state index contributed by atoms with van der Waals surface area (Å²) in [5, 5.41) is 3.42. The van der Waals surface area contributed by atoms with Gasteiger partial charge in [0, 0.05) is 47.4 Å². The van der Waals surface area contributed by atoms with Crippen LogP contribution in [0.4, 0.5) is 28.9 Å². The van der Waals surface area contributed by atoms with Crippen LogP contribution in [0.3, 0.4) is 0 Å². The number of amides is 1. The molecule has 0 bridgehead atoms. The molecule has 10 nitrogen and oxygen atoms in total. The van der Waals surface area contributed by atoms with Crippen LogP contribution < -0.4 is 10.1 Å². The Bertz CT molecular complexity index is 1420. The Morgan fingerprint density at radius 2 is 1.86 bits per heavy atom. The van der Waals surface area contributed by atoms with E-state index in [0.29, 0.717) is 47.5 Å². The Kier molecular flexibility index (Phi) is 10.4. The Balaban J connectivity index is 1.50. The third-order valence-electron chi connectivity index (χ3n) is 6.22. The lowest BCUT2D eigenvalue weighted by molar-refractivity contribution is -0.140. The van der Waals surface area contributed by atoms with Crippen molar-refractivity contribution in [2.45, 2.75) is 62.6 Å². The van der Waals surface area contributed by atoms with Crippen LogP contribution in [0, 0.1) is 0 Å². The number of nitrogens with zero attached hydrogens (tertiary/aromatic N) is 4. The van der Waals surface area contributed by atoms with Gasteiger partial charge >= 0.3 is 18.2 Å². The van der Waals surface area contributed by atoms with Crippen LogP contribution in [-0.4, -0.2) is 62.9 Å². The normalized spacial score (nSPS) is 14.3. The van der Waals surface area contributed by atoms with Gasteiger partial charge in [0.15, 0.2) is 11.6 Å². The van der Waals surface area contributed by atoms with Crippen LogP contribution in [0.25, 0.3) is 0 Å². The molecule has 1 N–H and O–H groups in total. The van der Waals surface area contributed by atoms with Gasteiger partial charge in [-0.2, -0.15) is 17.5 Å². The van der Waals surface area contributed by atoms with Crippen LogP contribution in [0.5, 0.6) is 11.5 Å². The number of ether oxygens (including phenoxy) is 3. The number of hydrogen-bond donors (Lipinski definition) is 1. The van der Waals surface area contributed by atoms with Gasteiger partial charge in [-0.3, -0.25) is 4.79 Å². The van der Waals surface area contributed by atoms with Crippen molar-refractivity contribution >= 4 is 46.3 Å². The first-order chi connectivity index (χ1) is 20.3. The SMILES string of the molecule is COC(=O)CCSc1cnc(Nc2nc(C3CCN(C(=O)OC(C)(C)C)CC3)ns2)c(Oc2ccccc2C(F)(F)F)c1. The molecule has 1 fully saturated rings. The summed E-state index contributed by atoms with van der Waals surface area (Å²) in [4.78, 5) is 35.1. The minimum absolute atomic E-state index is 0.0291. The molecular weight excluding hydrogens is 607 g/mol. The van der Waals surface area contributed by atoms with Crippen molar-refractivity contribution in [3.05, 3.63) is 47.9 Å². The highest BCUT2D eigenvalue weighted by Crippen LogP contribution is 2.41. The summed E-state index contributed by atoms with van der Waals surface area (Å²) < 4.78 is 61.4. The van der Waals surface area contributed by atoms with Crippen molar-refractivity contribution < 1.29 is 37.0 Å². The van der Waals surface area contributed by atoms with Gasteiger partial charge in [0.25, 0.3) is 0 Å². The van der Waals surface area contributed by atoms with E-state index in [1.54, 1.807) is 11.0 Å². The Morgan fingerprint density at radius 1 is 1.14 bits per heavy atom. The standard InChI is InChI=1S/C28H32F3N5O5S2/c1-27(2,3)41-26(38)36-12-9-17(10-13-36)23-33-25(43-35-23)34-24-21(15-18(16-32-24)42-14-11-22(37)39-4)40-20-8-6-5-7-19(20)28(29,30)31/h5-8,15-17H,9-14H2,1-4H3,(H,32,33,34,35). The number of carbonyl (C=O) groups is 2. The molecule has 0 atom stereocenters. The van der Waals surface area contributed by atoms with Gasteiger partial charge in [-0.25, -0.2) is 14.8 Å². The zero-order valence-electron chi connectivity index (χ0n) is 24.1. The molecule has 0 unspecified atom stereocenters. The lowest BCUT2D eigenvalue weighted by Gasteiger charge is -2.32. The number of piperidine rings is 1. The van der Waals surface area contributed by atoms with Crippen LogP contribution in [0.15, 0.2) is 41.4 Å². The highest BCUT2D eigenvalue weighted by Gasteiger charge is 2.34. The Morgan fingerprint density at radius 3 is 2.53 bits per heavy atom. The Labute approximate surface area is 255 Å². The molecule has 1 aromatic carbocycles. The molecule has 15 heteroatoms. The molecule has 4 rings (SSSR count). The maximum Gasteiger partial charge on any atom is 0.419 e. The fourth-order valence-corrected chi connectivity index (χ4v) is 5.61. The first-order valence-electron chi connectivity index (χ1n) is 13.4. The van der Waals surface area contributed by atoms with Gasteiger partial charge < -0.3 is 24.4 Å². The number of carbonyl (C=O) groups excluding carboxylic acids is 2. The van der Waals surface area contributed by atoms with Gasteiger partial charge in [-0.1, -0.05) is 12.1 Å². The Hall–Kier alpha value is -3.59. The second-order valence-corrected chi connectivity index (χ2v) is 12.5. The van der Waals surface area contributed by atoms with Gasteiger partial charge in [0.2, 0.25) is 5.13 Å². The molecule has 43 heavy (non-hydrogen) atoms. The molecule has 232 valence electrons. The third kappa shape index (κ3) is 9.20.